The SMILES string of the molecule is CC(C)(C)NC(=O)N[C@H](Cc1ccc(Cl)cc1Cl)C(=O)N1CCN(c2ccccc2CNCCc2cccs2)CC1. The van der Waals surface area contributed by atoms with Gasteiger partial charge in [0.2, 0.25) is 5.91 Å². The number of para-hydroxylation sites is 1. The number of hydrogen-bond acceptors (Lipinski definition) is 5. The van der Waals surface area contributed by atoms with E-state index in [0.29, 0.717) is 36.2 Å². The van der Waals surface area contributed by atoms with Gasteiger partial charge in [-0.25, -0.2) is 4.79 Å². The monoisotopic (exact) mass is 615 g/mol. The van der Waals surface area contributed by atoms with Gasteiger partial charge in [0.25, 0.3) is 0 Å². The van der Waals surface area contributed by atoms with E-state index >= 15 is 0 Å². The van der Waals surface area contributed by atoms with Crippen molar-refractivity contribution >= 4 is 52.2 Å². The molecular weight excluding hydrogens is 577 g/mol. The molecule has 1 aromatic heterocycles. The number of nitrogens with one attached hydrogen (secondary N) is 3. The average molecular weight is 617 g/mol. The third kappa shape index (κ3) is 9.36. The maximum absolute atomic E-state index is 13.8. The molecule has 2 heterocycles. The zero-order valence-electron chi connectivity index (χ0n) is 23.9. The number of urea groups is 1. The molecule has 3 amide bonds. The molecule has 1 saturated heterocycles. The second-order valence-corrected chi connectivity index (χ2v) is 13.2. The van der Waals surface area contributed by atoms with Gasteiger partial charge in [0, 0.05) is 71.8 Å². The van der Waals surface area contributed by atoms with E-state index in [1.165, 1.54) is 16.1 Å². The van der Waals surface area contributed by atoms with Crippen molar-refractivity contribution in [1.82, 2.24) is 20.9 Å². The van der Waals surface area contributed by atoms with Crippen LogP contribution in [0, 0.1) is 0 Å². The number of halogens is 2. The number of piperazine rings is 1. The summed E-state index contributed by atoms with van der Waals surface area (Å²) in [5, 5.41) is 12.5. The van der Waals surface area contributed by atoms with Crippen molar-refractivity contribution in [2.75, 3.05) is 37.6 Å². The van der Waals surface area contributed by atoms with E-state index in [1.807, 2.05) is 25.7 Å². The van der Waals surface area contributed by atoms with Crippen LogP contribution in [0.5, 0.6) is 0 Å². The molecule has 1 atom stereocenters. The van der Waals surface area contributed by atoms with Gasteiger partial charge in [0.15, 0.2) is 0 Å². The van der Waals surface area contributed by atoms with Crippen molar-refractivity contribution in [3.05, 3.63) is 86.0 Å². The minimum absolute atomic E-state index is 0.122. The highest BCUT2D eigenvalue weighted by Gasteiger charge is 2.30. The highest BCUT2D eigenvalue weighted by Crippen LogP contribution is 2.24. The molecule has 41 heavy (non-hydrogen) atoms. The molecule has 0 bridgehead atoms. The van der Waals surface area contributed by atoms with Crippen molar-refractivity contribution < 1.29 is 9.59 Å². The minimum atomic E-state index is -0.762. The minimum Gasteiger partial charge on any atom is -0.368 e. The van der Waals surface area contributed by atoms with Crippen molar-refractivity contribution in [3.63, 3.8) is 0 Å². The summed E-state index contributed by atoms with van der Waals surface area (Å²) in [6, 6.07) is 16.8. The summed E-state index contributed by atoms with van der Waals surface area (Å²) in [7, 11) is 0. The predicted molar refractivity (Wildman–Crippen MR) is 170 cm³/mol. The molecule has 1 aliphatic rings. The van der Waals surface area contributed by atoms with Gasteiger partial charge in [-0.05, 0) is 68.0 Å². The fourth-order valence-electron chi connectivity index (χ4n) is 4.89. The standard InChI is InChI=1S/C31H39Cl2N5O2S/c1-31(2,3)36-30(40)35-27(19-22-10-11-24(32)20-26(22)33)29(39)38-16-14-37(15-17-38)28-9-5-4-7-23(28)21-34-13-12-25-8-6-18-41-25/h4-11,18,20,27,34H,12-17,19,21H2,1-3H3,(H2,35,36,40)/t27-/m1/s1. The number of hydrogen-bond donors (Lipinski definition) is 3. The van der Waals surface area contributed by atoms with Gasteiger partial charge in [0.05, 0.1) is 0 Å². The Kier molecular flexibility index (Phi) is 10.9. The predicted octanol–water partition coefficient (Wildman–Crippen LogP) is 5.74. The maximum Gasteiger partial charge on any atom is 0.315 e. The van der Waals surface area contributed by atoms with Gasteiger partial charge < -0.3 is 25.8 Å². The van der Waals surface area contributed by atoms with Crippen molar-refractivity contribution in [3.8, 4) is 0 Å². The first kappa shape index (κ1) is 31.2. The van der Waals surface area contributed by atoms with Gasteiger partial charge in [-0.2, -0.15) is 0 Å². The van der Waals surface area contributed by atoms with Crippen LogP contribution in [0.1, 0.15) is 36.8 Å². The molecule has 0 unspecified atom stereocenters. The molecule has 7 nitrogen and oxygen atoms in total. The molecule has 4 rings (SSSR count). The first-order valence-electron chi connectivity index (χ1n) is 14.0. The van der Waals surface area contributed by atoms with Gasteiger partial charge in [-0.3, -0.25) is 4.79 Å². The number of benzene rings is 2. The van der Waals surface area contributed by atoms with E-state index in [9.17, 15) is 9.59 Å². The number of rotatable bonds is 10. The Hall–Kier alpha value is -2.78. The first-order valence-corrected chi connectivity index (χ1v) is 15.6. The number of nitrogens with zero attached hydrogens (tertiary/aromatic N) is 2. The van der Waals surface area contributed by atoms with E-state index in [-0.39, 0.29) is 18.4 Å². The lowest BCUT2D eigenvalue weighted by atomic mass is 10.0. The highest BCUT2D eigenvalue weighted by molar-refractivity contribution is 7.09. The van der Waals surface area contributed by atoms with Crippen LogP contribution in [0.25, 0.3) is 0 Å². The number of carbonyl (C=O) groups is 2. The molecular formula is C31H39Cl2N5O2S. The molecule has 1 fully saturated rings. The number of carbonyl (C=O) groups excluding carboxylic acids is 2. The van der Waals surface area contributed by atoms with E-state index in [0.717, 1.165) is 25.1 Å². The smallest absolute Gasteiger partial charge is 0.315 e. The summed E-state index contributed by atoms with van der Waals surface area (Å²) in [5.74, 6) is -0.122. The van der Waals surface area contributed by atoms with Gasteiger partial charge in [-0.15, -0.1) is 11.3 Å². The zero-order valence-corrected chi connectivity index (χ0v) is 26.2. The van der Waals surface area contributed by atoms with Crippen LogP contribution in [0.4, 0.5) is 10.5 Å². The lowest BCUT2D eigenvalue weighted by Gasteiger charge is -2.38. The van der Waals surface area contributed by atoms with E-state index in [4.69, 9.17) is 23.2 Å². The fraction of sp³-hybridized carbons (Fsp3) is 0.419. The third-order valence-electron chi connectivity index (χ3n) is 6.90. The number of anilines is 1. The van der Waals surface area contributed by atoms with Gasteiger partial charge in [0.1, 0.15) is 6.04 Å². The molecule has 10 heteroatoms. The Morgan fingerprint density at radius 1 is 0.976 bits per heavy atom. The second kappa shape index (κ2) is 14.4. The number of thiophene rings is 1. The van der Waals surface area contributed by atoms with Crippen LogP contribution in [0.2, 0.25) is 10.0 Å². The lowest BCUT2D eigenvalue weighted by molar-refractivity contribution is -0.133. The van der Waals surface area contributed by atoms with Gasteiger partial charge >= 0.3 is 6.03 Å². The summed E-state index contributed by atoms with van der Waals surface area (Å²) in [5.41, 5.74) is 2.75. The molecule has 220 valence electrons. The van der Waals surface area contributed by atoms with Gasteiger partial charge in [-0.1, -0.05) is 53.5 Å². The Balaban J connectivity index is 1.38. The topological polar surface area (TPSA) is 76.7 Å². The Labute approximate surface area is 257 Å². The average Bonchev–Trinajstić information content (AvgIpc) is 3.45. The Bertz CT molecular complexity index is 1300. The van der Waals surface area contributed by atoms with Crippen LogP contribution in [0.3, 0.4) is 0 Å². The first-order chi connectivity index (χ1) is 19.6. The van der Waals surface area contributed by atoms with Crippen molar-refractivity contribution in [2.45, 2.75) is 51.7 Å². The van der Waals surface area contributed by atoms with Crippen LogP contribution >= 0.6 is 34.5 Å². The largest absolute Gasteiger partial charge is 0.368 e. The zero-order chi connectivity index (χ0) is 29.4. The Morgan fingerprint density at radius 3 is 2.41 bits per heavy atom. The van der Waals surface area contributed by atoms with Crippen LogP contribution in [-0.4, -0.2) is 61.1 Å². The normalized spacial score (nSPS) is 14.6. The van der Waals surface area contributed by atoms with Crippen LogP contribution in [0.15, 0.2) is 60.0 Å². The second-order valence-electron chi connectivity index (χ2n) is 11.3. The molecule has 2 aromatic carbocycles. The van der Waals surface area contributed by atoms with E-state index in [2.05, 4.69) is 62.6 Å². The molecule has 3 N–H and O–H groups in total. The molecule has 0 spiro atoms. The Morgan fingerprint density at radius 2 is 1.73 bits per heavy atom. The summed E-state index contributed by atoms with van der Waals surface area (Å²) < 4.78 is 0. The van der Waals surface area contributed by atoms with Crippen molar-refractivity contribution in [2.24, 2.45) is 0 Å². The van der Waals surface area contributed by atoms with Crippen LogP contribution < -0.4 is 20.9 Å². The summed E-state index contributed by atoms with van der Waals surface area (Å²) >= 11 is 14.3. The maximum atomic E-state index is 13.8. The molecule has 0 saturated carbocycles. The molecule has 0 radical (unpaired) electrons. The molecule has 1 aliphatic heterocycles. The summed E-state index contributed by atoms with van der Waals surface area (Å²) in [6.45, 7) is 9.95. The number of amides is 3. The molecule has 0 aliphatic carbocycles. The highest BCUT2D eigenvalue weighted by atomic mass is 35.5. The summed E-state index contributed by atoms with van der Waals surface area (Å²) in [4.78, 5) is 32.1. The fourth-order valence-corrected chi connectivity index (χ4v) is 6.08. The van der Waals surface area contributed by atoms with Crippen LogP contribution in [-0.2, 0) is 24.2 Å². The van der Waals surface area contributed by atoms with E-state index in [1.54, 1.807) is 29.5 Å². The third-order valence-corrected chi connectivity index (χ3v) is 8.42. The quantitative estimate of drug-likeness (QED) is 0.254. The lowest BCUT2D eigenvalue weighted by Crippen LogP contribution is -2.58. The van der Waals surface area contributed by atoms with E-state index < -0.39 is 11.6 Å². The van der Waals surface area contributed by atoms with Crippen molar-refractivity contribution in [1.29, 1.82) is 0 Å². The summed E-state index contributed by atoms with van der Waals surface area (Å²) in [6.07, 6.45) is 1.29. The molecule has 3 aromatic rings.